The molecule has 2 amide bonds. The number of carbonyl (C=O) groups excluding carboxylic acids is 1. The summed E-state index contributed by atoms with van der Waals surface area (Å²) in [4.78, 5) is 10.7. The number of allylic oxidation sites excluding steroid dienone is 1. The molecule has 0 atom stereocenters. The first-order chi connectivity index (χ1) is 5.77. The first-order valence-corrected chi connectivity index (χ1v) is 5.86. The topological polar surface area (TPSA) is 72.3 Å². The van der Waals surface area contributed by atoms with Crippen molar-refractivity contribution >= 4 is 62.8 Å². The maximum absolute atomic E-state index is 10.7. The highest BCUT2D eigenvalue weighted by Gasteiger charge is 2.30. The highest BCUT2D eigenvalue weighted by atomic mass is 127. The van der Waals surface area contributed by atoms with Crippen molar-refractivity contribution in [3.8, 4) is 0 Å². The summed E-state index contributed by atoms with van der Waals surface area (Å²) in [7, 11) is 0. The molecule has 13 heavy (non-hydrogen) atoms. The van der Waals surface area contributed by atoms with E-state index in [-0.39, 0.29) is 0 Å². The molecule has 4 nitrogen and oxygen atoms in total. The molecule has 0 rings (SSSR count). The van der Waals surface area contributed by atoms with Crippen LogP contribution in [0.4, 0.5) is 4.79 Å². The zero-order chi connectivity index (χ0) is 10.6. The van der Waals surface area contributed by atoms with Gasteiger partial charge in [-0.05, 0) is 58.0 Å². The number of rotatable bonds is 4. The number of hydrogen-bond donors (Lipinski definition) is 2. The summed E-state index contributed by atoms with van der Waals surface area (Å²) in [6.07, 6.45) is 1.20. The van der Waals surface area contributed by atoms with Crippen LogP contribution in [0.15, 0.2) is 11.6 Å². The van der Waals surface area contributed by atoms with Gasteiger partial charge < -0.3 is 5.73 Å². The molecule has 0 saturated heterocycles. The zero-order valence-corrected chi connectivity index (χ0v) is 11.8. The predicted molar refractivity (Wildman–Crippen MR) is 70.6 cm³/mol. The smallest absolute Gasteiger partial charge is 0.330 e. The number of alkyl halides is 2. The first kappa shape index (κ1) is 13.7. The molecule has 0 aromatic carbocycles. The van der Waals surface area contributed by atoms with Crippen molar-refractivity contribution in [2.24, 2.45) is 11.6 Å². The van der Waals surface area contributed by atoms with Crippen LogP contribution >= 0.6 is 56.8 Å². The van der Waals surface area contributed by atoms with Gasteiger partial charge in [0.15, 0.2) is 1.55 Å². The van der Waals surface area contributed by atoms with Crippen LogP contribution in [-0.2, 0) is 0 Å². The van der Waals surface area contributed by atoms with Gasteiger partial charge in [-0.25, -0.2) is 15.6 Å². The molecule has 0 spiro atoms. The second-order valence-electron chi connectivity index (χ2n) is 2.39. The lowest BCUT2D eigenvalue weighted by atomic mass is 10.3. The fraction of sp³-hybridized carbons (Fsp3) is 0.500. The van der Waals surface area contributed by atoms with E-state index in [9.17, 15) is 4.79 Å². The summed E-state index contributed by atoms with van der Waals surface area (Å²) >= 11 is 9.67. The SMILES string of the molecule is C=C(Cl)CCC(I)(I)N(N)C(N)=O. The third-order valence-corrected chi connectivity index (χ3v) is 3.59. The van der Waals surface area contributed by atoms with Crippen LogP contribution in [0.5, 0.6) is 0 Å². The van der Waals surface area contributed by atoms with Crippen molar-refractivity contribution in [1.29, 1.82) is 0 Å². The van der Waals surface area contributed by atoms with Crippen LogP contribution in [-0.4, -0.2) is 12.6 Å². The summed E-state index contributed by atoms with van der Waals surface area (Å²) in [5.41, 5.74) is 5.03. The maximum atomic E-state index is 10.7. The van der Waals surface area contributed by atoms with Crippen LogP contribution in [0.1, 0.15) is 12.8 Å². The van der Waals surface area contributed by atoms with Crippen LogP contribution in [0, 0.1) is 0 Å². The van der Waals surface area contributed by atoms with Gasteiger partial charge in [-0.1, -0.05) is 18.2 Å². The van der Waals surface area contributed by atoms with Crippen molar-refractivity contribution in [2.75, 3.05) is 0 Å². The lowest BCUT2D eigenvalue weighted by molar-refractivity contribution is 0.202. The van der Waals surface area contributed by atoms with E-state index in [1.807, 2.05) is 45.2 Å². The van der Waals surface area contributed by atoms with Gasteiger partial charge in [-0.2, -0.15) is 0 Å². The van der Waals surface area contributed by atoms with E-state index in [1.54, 1.807) is 0 Å². The van der Waals surface area contributed by atoms with Gasteiger partial charge in [-0.3, -0.25) is 0 Å². The van der Waals surface area contributed by atoms with E-state index in [4.69, 9.17) is 23.2 Å². The van der Waals surface area contributed by atoms with Crippen LogP contribution in [0.2, 0.25) is 0 Å². The molecular formula is C6H10ClI2N3O. The van der Waals surface area contributed by atoms with Crippen molar-refractivity contribution < 1.29 is 4.79 Å². The number of hydrogen-bond acceptors (Lipinski definition) is 2. The third-order valence-electron chi connectivity index (χ3n) is 1.29. The molecule has 76 valence electrons. The minimum atomic E-state index is -0.663. The first-order valence-electron chi connectivity index (χ1n) is 3.33. The number of amides is 2. The molecule has 7 heteroatoms. The molecule has 0 saturated carbocycles. The fourth-order valence-electron chi connectivity index (χ4n) is 0.568. The molecule has 0 fully saturated rings. The van der Waals surface area contributed by atoms with Gasteiger partial charge in [0.25, 0.3) is 0 Å². The lowest BCUT2D eigenvalue weighted by Crippen LogP contribution is -2.51. The normalized spacial score (nSPS) is 11.1. The van der Waals surface area contributed by atoms with E-state index >= 15 is 0 Å². The van der Waals surface area contributed by atoms with E-state index in [0.29, 0.717) is 17.9 Å². The maximum Gasteiger partial charge on any atom is 0.330 e. The standard InChI is InChI=1S/C6H10ClI2N3O/c1-4(7)2-3-6(8,9)12(11)5(10)13/h1-3,11H2,(H2,10,13). The molecule has 0 aliphatic heterocycles. The van der Waals surface area contributed by atoms with Crippen molar-refractivity contribution in [3.05, 3.63) is 11.6 Å². The summed E-state index contributed by atoms with van der Waals surface area (Å²) in [6.45, 7) is 3.55. The number of carbonyl (C=O) groups is 1. The van der Waals surface area contributed by atoms with Crippen LogP contribution < -0.4 is 11.6 Å². The van der Waals surface area contributed by atoms with Crippen molar-refractivity contribution in [1.82, 2.24) is 5.01 Å². The van der Waals surface area contributed by atoms with E-state index < -0.39 is 7.58 Å². The molecule has 0 radical (unpaired) electrons. The molecule has 0 heterocycles. The van der Waals surface area contributed by atoms with E-state index in [2.05, 4.69) is 6.58 Å². The number of primary amides is 1. The van der Waals surface area contributed by atoms with E-state index in [1.165, 1.54) is 0 Å². The Balaban J connectivity index is 4.21. The van der Waals surface area contributed by atoms with Crippen molar-refractivity contribution in [2.45, 2.75) is 14.4 Å². The number of halogens is 3. The Kier molecular flexibility index (Phi) is 5.87. The number of nitrogens with two attached hydrogens (primary N) is 2. The molecule has 0 unspecified atom stereocenters. The molecule has 0 aliphatic carbocycles. The second-order valence-corrected chi connectivity index (χ2v) is 8.56. The lowest BCUT2D eigenvalue weighted by Gasteiger charge is -2.29. The van der Waals surface area contributed by atoms with Gasteiger partial charge in [0, 0.05) is 5.03 Å². The summed E-state index contributed by atoms with van der Waals surface area (Å²) in [6, 6.07) is -0.663. The molecule has 0 aromatic rings. The van der Waals surface area contributed by atoms with Gasteiger partial charge in [0.2, 0.25) is 0 Å². The predicted octanol–water partition coefficient (Wildman–Crippen LogP) is 2.30. The monoisotopic (exact) mass is 429 g/mol. The Morgan fingerprint density at radius 3 is 2.38 bits per heavy atom. The average molecular weight is 429 g/mol. The van der Waals surface area contributed by atoms with Gasteiger partial charge in [-0.15, -0.1) is 0 Å². The third kappa shape index (κ3) is 5.23. The average Bonchev–Trinajstić information content (AvgIpc) is 1.99. The minimum absolute atomic E-state index is 0.538. The zero-order valence-electron chi connectivity index (χ0n) is 6.77. The largest absolute Gasteiger partial charge is 0.350 e. The second kappa shape index (κ2) is 5.56. The molecule has 0 aromatic heterocycles. The Morgan fingerprint density at radius 1 is 1.62 bits per heavy atom. The quantitative estimate of drug-likeness (QED) is 0.180. The molecular weight excluding hydrogens is 419 g/mol. The Bertz CT molecular complexity index is 222. The summed E-state index contributed by atoms with van der Waals surface area (Å²) in [5.74, 6) is 5.45. The fourth-order valence-corrected chi connectivity index (χ4v) is 1.68. The Morgan fingerprint density at radius 2 is 2.08 bits per heavy atom. The highest BCUT2D eigenvalue weighted by Crippen LogP contribution is 2.35. The Labute approximate surface area is 109 Å². The van der Waals surface area contributed by atoms with Gasteiger partial charge >= 0.3 is 6.03 Å². The van der Waals surface area contributed by atoms with Gasteiger partial charge in [0.1, 0.15) is 0 Å². The van der Waals surface area contributed by atoms with E-state index in [0.717, 1.165) is 5.01 Å². The van der Waals surface area contributed by atoms with Crippen LogP contribution in [0.3, 0.4) is 0 Å². The minimum Gasteiger partial charge on any atom is -0.350 e. The number of urea groups is 1. The molecule has 0 bridgehead atoms. The summed E-state index contributed by atoms with van der Waals surface area (Å²) < 4.78 is -0.556. The highest BCUT2D eigenvalue weighted by molar-refractivity contribution is 14.2. The van der Waals surface area contributed by atoms with Gasteiger partial charge in [0.05, 0.1) is 0 Å². The molecule has 4 N–H and O–H groups in total. The Hall–Kier alpha value is 0.720. The summed E-state index contributed by atoms with van der Waals surface area (Å²) in [5, 5.41) is 1.52. The van der Waals surface area contributed by atoms with Crippen molar-refractivity contribution in [3.63, 3.8) is 0 Å². The molecule has 0 aliphatic rings. The van der Waals surface area contributed by atoms with Crippen LogP contribution in [0.25, 0.3) is 0 Å². The number of hydrazine groups is 1. The number of nitrogens with zero attached hydrogens (tertiary/aromatic N) is 1.